The van der Waals surface area contributed by atoms with Gasteiger partial charge in [0.05, 0.1) is 11.0 Å². The topological polar surface area (TPSA) is 42.9 Å². The Hall–Kier alpha value is -1.77. The van der Waals surface area contributed by atoms with Crippen LogP contribution < -0.4 is 0 Å². The van der Waals surface area contributed by atoms with Gasteiger partial charge < -0.3 is 0 Å². The second-order valence-electron chi connectivity index (χ2n) is 4.28. The number of Topliss-reactive ketones (excluding diaryl/α,β-unsaturated/α-hetero) is 1. The van der Waals surface area contributed by atoms with Crippen LogP contribution in [0.3, 0.4) is 0 Å². The summed E-state index contributed by atoms with van der Waals surface area (Å²) >= 11 is 0. The average molecular weight is 228 g/mol. The van der Waals surface area contributed by atoms with E-state index in [1.807, 2.05) is 25.1 Å². The molecular weight excluding hydrogens is 212 g/mol. The predicted molar refractivity (Wildman–Crippen MR) is 67.9 cm³/mol. The summed E-state index contributed by atoms with van der Waals surface area (Å²) in [5, 5.41) is 0. The van der Waals surface area contributed by atoms with Gasteiger partial charge in [0.1, 0.15) is 0 Å². The first-order chi connectivity index (χ1) is 8.24. The smallest absolute Gasteiger partial charge is 0.167 e. The first-order valence-corrected chi connectivity index (χ1v) is 5.98. The van der Waals surface area contributed by atoms with Gasteiger partial charge in [0.2, 0.25) is 0 Å². The minimum atomic E-state index is 0.0487. The standard InChI is InChI=1S/C14H16N2O/c1-3-5-10(2)14(17)11-6-4-7-12-13(11)16-9-8-15-12/h4,6-10H,3,5H2,1-2H3. The summed E-state index contributed by atoms with van der Waals surface area (Å²) in [5.41, 5.74) is 2.18. The summed E-state index contributed by atoms with van der Waals surface area (Å²) in [6.45, 7) is 4.06. The van der Waals surface area contributed by atoms with Crippen LogP contribution in [0.1, 0.15) is 37.0 Å². The molecule has 3 nitrogen and oxygen atoms in total. The highest BCUT2D eigenvalue weighted by Crippen LogP contribution is 2.19. The average Bonchev–Trinajstić information content (AvgIpc) is 2.37. The fourth-order valence-corrected chi connectivity index (χ4v) is 2.02. The first kappa shape index (κ1) is 11.7. The van der Waals surface area contributed by atoms with E-state index in [1.165, 1.54) is 0 Å². The molecule has 1 aromatic heterocycles. The van der Waals surface area contributed by atoms with E-state index in [0.717, 1.165) is 18.4 Å². The van der Waals surface area contributed by atoms with Crippen LogP contribution in [-0.2, 0) is 0 Å². The van der Waals surface area contributed by atoms with Crippen LogP contribution in [0.25, 0.3) is 11.0 Å². The minimum Gasteiger partial charge on any atom is -0.294 e. The highest BCUT2D eigenvalue weighted by molar-refractivity contribution is 6.06. The zero-order valence-electron chi connectivity index (χ0n) is 10.2. The Morgan fingerprint density at radius 1 is 1.29 bits per heavy atom. The molecule has 0 saturated carbocycles. The van der Waals surface area contributed by atoms with Gasteiger partial charge in [0, 0.05) is 23.9 Å². The molecule has 0 bridgehead atoms. The van der Waals surface area contributed by atoms with Gasteiger partial charge in [-0.3, -0.25) is 14.8 Å². The van der Waals surface area contributed by atoms with E-state index < -0.39 is 0 Å². The summed E-state index contributed by atoms with van der Waals surface area (Å²) < 4.78 is 0. The van der Waals surface area contributed by atoms with Crippen molar-refractivity contribution >= 4 is 16.8 Å². The largest absolute Gasteiger partial charge is 0.294 e. The molecular formula is C14H16N2O. The normalized spacial score (nSPS) is 12.6. The van der Waals surface area contributed by atoms with Crippen LogP contribution in [0.5, 0.6) is 0 Å². The summed E-state index contributed by atoms with van der Waals surface area (Å²) in [4.78, 5) is 20.8. The van der Waals surface area contributed by atoms with E-state index in [2.05, 4.69) is 16.9 Å². The number of para-hydroxylation sites is 1. The number of benzene rings is 1. The third kappa shape index (κ3) is 2.33. The predicted octanol–water partition coefficient (Wildman–Crippen LogP) is 3.25. The van der Waals surface area contributed by atoms with Crippen molar-refractivity contribution in [3.63, 3.8) is 0 Å². The third-order valence-corrected chi connectivity index (χ3v) is 2.93. The van der Waals surface area contributed by atoms with Gasteiger partial charge >= 0.3 is 0 Å². The molecule has 0 saturated heterocycles. The van der Waals surface area contributed by atoms with Gasteiger partial charge in [-0.25, -0.2) is 0 Å². The molecule has 0 amide bonds. The van der Waals surface area contributed by atoms with Crippen molar-refractivity contribution in [3.05, 3.63) is 36.2 Å². The van der Waals surface area contributed by atoms with Crippen molar-refractivity contribution in [1.82, 2.24) is 9.97 Å². The van der Waals surface area contributed by atoms with Gasteiger partial charge in [0.25, 0.3) is 0 Å². The van der Waals surface area contributed by atoms with Gasteiger partial charge in [-0.2, -0.15) is 0 Å². The molecule has 1 atom stereocenters. The van der Waals surface area contributed by atoms with Crippen LogP contribution in [0, 0.1) is 5.92 Å². The second kappa shape index (κ2) is 5.04. The Kier molecular flexibility index (Phi) is 3.47. The Labute approximate surface area is 101 Å². The summed E-state index contributed by atoms with van der Waals surface area (Å²) in [5.74, 6) is 0.213. The number of fused-ring (bicyclic) bond motifs is 1. The van der Waals surface area contributed by atoms with E-state index in [0.29, 0.717) is 11.1 Å². The number of aromatic nitrogens is 2. The maximum Gasteiger partial charge on any atom is 0.167 e. The lowest BCUT2D eigenvalue weighted by atomic mass is 9.94. The molecule has 0 aliphatic carbocycles. The van der Waals surface area contributed by atoms with E-state index in [-0.39, 0.29) is 11.7 Å². The maximum atomic E-state index is 12.3. The molecule has 17 heavy (non-hydrogen) atoms. The van der Waals surface area contributed by atoms with Crippen LogP contribution in [0.15, 0.2) is 30.6 Å². The fourth-order valence-electron chi connectivity index (χ4n) is 2.02. The van der Waals surface area contributed by atoms with Gasteiger partial charge in [-0.15, -0.1) is 0 Å². The van der Waals surface area contributed by atoms with Crippen LogP contribution in [0.4, 0.5) is 0 Å². The second-order valence-corrected chi connectivity index (χ2v) is 4.28. The monoisotopic (exact) mass is 228 g/mol. The molecule has 2 rings (SSSR count). The Balaban J connectivity index is 2.45. The zero-order valence-corrected chi connectivity index (χ0v) is 10.2. The molecule has 0 aliphatic heterocycles. The molecule has 1 unspecified atom stereocenters. The van der Waals surface area contributed by atoms with Crippen molar-refractivity contribution in [2.75, 3.05) is 0 Å². The number of hydrogen-bond donors (Lipinski definition) is 0. The zero-order chi connectivity index (χ0) is 12.3. The van der Waals surface area contributed by atoms with E-state index >= 15 is 0 Å². The number of nitrogens with zero attached hydrogens (tertiary/aromatic N) is 2. The molecule has 0 aliphatic rings. The van der Waals surface area contributed by atoms with Gasteiger partial charge in [0.15, 0.2) is 5.78 Å². The third-order valence-electron chi connectivity index (χ3n) is 2.93. The van der Waals surface area contributed by atoms with Crippen molar-refractivity contribution in [2.24, 2.45) is 5.92 Å². The van der Waals surface area contributed by atoms with Gasteiger partial charge in [-0.1, -0.05) is 26.3 Å². The Morgan fingerprint density at radius 3 is 2.82 bits per heavy atom. The molecule has 0 N–H and O–H groups in total. The Morgan fingerprint density at radius 2 is 2.06 bits per heavy atom. The Bertz CT molecular complexity index is 531. The summed E-state index contributed by atoms with van der Waals surface area (Å²) in [7, 11) is 0. The number of rotatable bonds is 4. The van der Waals surface area contributed by atoms with E-state index in [9.17, 15) is 4.79 Å². The molecule has 1 aromatic carbocycles. The lowest BCUT2D eigenvalue weighted by Gasteiger charge is -2.10. The summed E-state index contributed by atoms with van der Waals surface area (Å²) in [6.07, 6.45) is 5.20. The van der Waals surface area contributed by atoms with Crippen LogP contribution >= 0.6 is 0 Å². The van der Waals surface area contributed by atoms with E-state index in [4.69, 9.17) is 0 Å². The molecule has 0 fully saturated rings. The van der Waals surface area contributed by atoms with Crippen molar-refractivity contribution in [3.8, 4) is 0 Å². The highest BCUT2D eigenvalue weighted by atomic mass is 16.1. The van der Waals surface area contributed by atoms with Gasteiger partial charge in [-0.05, 0) is 18.6 Å². The molecule has 0 radical (unpaired) electrons. The van der Waals surface area contributed by atoms with Crippen LogP contribution in [-0.4, -0.2) is 15.8 Å². The number of carbonyl (C=O) groups is 1. The number of carbonyl (C=O) groups excluding carboxylic acids is 1. The SMILES string of the molecule is CCCC(C)C(=O)c1cccc2nccnc12. The van der Waals surface area contributed by atoms with Crippen LogP contribution in [0.2, 0.25) is 0 Å². The van der Waals surface area contributed by atoms with E-state index in [1.54, 1.807) is 12.4 Å². The van der Waals surface area contributed by atoms with Crippen molar-refractivity contribution < 1.29 is 4.79 Å². The molecule has 0 spiro atoms. The lowest BCUT2D eigenvalue weighted by molar-refractivity contribution is 0.0925. The fraction of sp³-hybridized carbons (Fsp3) is 0.357. The maximum absolute atomic E-state index is 12.3. The highest BCUT2D eigenvalue weighted by Gasteiger charge is 2.17. The molecule has 88 valence electrons. The van der Waals surface area contributed by atoms with Crippen molar-refractivity contribution in [1.29, 1.82) is 0 Å². The quantitative estimate of drug-likeness (QED) is 0.754. The lowest BCUT2D eigenvalue weighted by Crippen LogP contribution is -2.12. The summed E-state index contributed by atoms with van der Waals surface area (Å²) in [6, 6.07) is 5.58. The number of hydrogen-bond acceptors (Lipinski definition) is 3. The molecule has 3 heteroatoms. The van der Waals surface area contributed by atoms with Crippen molar-refractivity contribution in [2.45, 2.75) is 26.7 Å². The first-order valence-electron chi connectivity index (χ1n) is 5.98. The number of ketones is 1. The minimum absolute atomic E-state index is 0.0487. The molecule has 1 heterocycles. The molecule has 2 aromatic rings.